The molecule has 0 amide bonds. The van der Waals surface area contributed by atoms with Gasteiger partial charge in [-0.2, -0.15) is 0 Å². The standard InChI is InChI=1S/C20H26O6/c21-12-9-15-17-18(26-20(25-17)10-5-2-6-11-20)16(13-23-15)24-19(22)14-7-3-1-4-8-14/h1,3-4,7-8,15-18,21H,2,5-6,9-13H2/t15?,16-,17+,18?/m0/s1. The molecule has 2 unspecified atom stereocenters. The van der Waals surface area contributed by atoms with Crippen molar-refractivity contribution >= 4 is 5.97 Å². The van der Waals surface area contributed by atoms with Crippen molar-refractivity contribution in [2.24, 2.45) is 0 Å². The Kier molecular flexibility index (Phi) is 5.27. The molecule has 1 N–H and O–H groups in total. The van der Waals surface area contributed by atoms with E-state index in [0.29, 0.717) is 12.0 Å². The predicted molar refractivity (Wildman–Crippen MR) is 92.7 cm³/mol. The number of hydrogen-bond donors (Lipinski definition) is 1. The molecule has 4 atom stereocenters. The van der Waals surface area contributed by atoms with Gasteiger partial charge < -0.3 is 24.1 Å². The molecule has 26 heavy (non-hydrogen) atoms. The fourth-order valence-electron chi connectivity index (χ4n) is 4.22. The summed E-state index contributed by atoms with van der Waals surface area (Å²) in [6.45, 7) is 0.280. The average Bonchev–Trinajstić information content (AvgIpc) is 3.04. The Morgan fingerprint density at radius 1 is 1.12 bits per heavy atom. The SMILES string of the molecule is O=C(O[C@H]1COC(CCO)[C@H]2OC3(CCCCC3)OC21)c1ccccc1. The van der Waals surface area contributed by atoms with Gasteiger partial charge in [0.25, 0.3) is 0 Å². The van der Waals surface area contributed by atoms with E-state index in [0.717, 1.165) is 25.7 Å². The molecule has 1 saturated carbocycles. The number of aliphatic hydroxyl groups excluding tert-OH is 1. The van der Waals surface area contributed by atoms with E-state index in [-0.39, 0.29) is 37.5 Å². The second-order valence-corrected chi connectivity index (χ2v) is 7.33. The molecule has 2 heterocycles. The van der Waals surface area contributed by atoms with E-state index in [4.69, 9.17) is 18.9 Å². The number of esters is 1. The van der Waals surface area contributed by atoms with E-state index in [1.54, 1.807) is 24.3 Å². The summed E-state index contributed by atoms with van der Waals surface area (Å²) in [7, 11) is 0. The maximum Gasteiger partial charge on any atom is 0.338 e. The molecular formula is C20H26O6. The smallest absolute Gasteiger partial charge is 0.338 e. The highest BCUT2D eigenvalue weighted by Gasteiger charge is 2.56. The highest BCUT2D eigenvalue weighted by molar-refractivity contribution is 5.89. The molecule has 0 aromatic heterocycles. The van der Waals surface area contributed by atoms with Crippen molar-refractivity contribution in [3.05, 3.63) is 35.9 Å². The molecular weight excluding hydrogens is 336 g/mol. The van der Waals surface area contributed by atoms with Crippen LogP contribution in [0.15, 0.2) is 30.3 Å². The highest BCUT2D eigenvalue weighted by atomic mass is 16.8. The number of aliphatic hydroxyl groups is 1. The van der Waals surface area contributed by atoms with Gasteiger partial charge in [-0.15, -0.1) is 0 Å². The fourth-order valence-corrected chi connectivity index (χ4v) is 4.22. The van der Waals surface area contributed by atoms with Gasteiger partial charge in [-0.05, 0) is 31.4 Å². The number of rotatable bonds is 4. The van der Waals surface area contributed by atoms with E-state index in [9.17, 15) is 9.90 Å². The Labute approximate surface area is 153 Å². The van der Waals surface area contributed by atoms with Crippen LogP contribution in [0, 0.1) is 0 Å². The van der Waals surface area contributed by atoms with Crippen LogP contribution in [0.5, 0.6) is 0 Å². The zero-order valence-electron chi connectivity index (χ0n) is 14.8. The summed E-state index contributed by atoms with van der Waals surface area (Å²) >= 11 is 0. The van der Waals surface area contributed by atoms with Gasteiger partial charge in [-0.25, -0.2) is 4.79 Å². The highest BCUT2D eigenvalue weighted by Crippen LogP contribution is 2.44. The molecule has 142 valence electrons. The molecule has 1 aromatic rings. The lowest BCUT2D eigenvalue weighted by atomic mass is 9.94. The maximum atomic E-state index is 12.5. The predicted octanol–water partition coefficient (Wildman–Crippen LogP) is 2.44. The molecule has 1 aliphatic carbocycles. The molecule has 0 bridgehead atoms. The number of ether oxygens (including phenoxy) is 4. The summed E-state index contributed by atoms with van der Waals surface area (Å²) in [5.41, 5.74) is 0.507. The van der Waals surface area contributed by atoms with Gasteiger partial charge >= 0.3 is 5.97 Å². The molecule has 2 aliphatic heterocycles. The van der Waals surface area contributed by atoms with Crippen molar-refractivity contribution in [3.63, 3.8) is 0 Å². The Hall–Kier alpha value is -1.47. The monoisotopic (exact) mass is 362 g/mol. The number of carbonyl (C=O) groups excluding carboxylic acids is 1. The first-order valence-electron chi connectivity index (χ1n) is 9.55. The minimum atomic E-state index is -0.591. The molecule has 1 spiro atoms. The van der Waals surface area contributed by atoms with Crippen LogP contribution in [-0.4, -0.2) is 54.5 Å². The van der Waals surface area contributed by atoms with Crippen LogP contribution in [0.3, 0.4) is 0 Å². The summed E-state index contributed by atoms with van der Waals surface area (Å²) in [5.74, 6) is -0.974. The van der Waals surface area contributed by atoms with Crippen LogP contribution < -0.4 is 0 Å². The van der Waals surface area contributed by atoms with E-state index in [1.807, 2.05) is 6.07 Å². The third-order valence-electron chi connectivity index (χ3n) is 5.53. The summed E-state index contributed by atoms with van der Waals surface area (Å²) in [5, 5.41) is 9.34. The number of hydrogen-bond acceptors (Lipinski definition) is 6. The van der Waals surface area contributed by atoms with Crippen LogP contribution in [-0.2, 0) is 18.9 Å². The van der Waals surface area contributed by atoms with Crippen LogP contribution in [0.25, 0.3) is 0 Å². The molecule has 3 aliphatic rings. The van der Waals surface area contributed by atoms with E-state index in [1.165, 1.54) is 6.42 Å². The molecule has 3 fully saturated rings. The summed E-state index contributed by atoms with van der Waals surface area (Å²) < 4.78 is 24.3. The van der Waals surface area contributed by atoms with Gasteiger partial charge in [-0.1, -0.05) is 24.6 Å². The number of fused-ring (bicyclic) bond motifs is 1. The fraction of sp³-hybridized carbons (Fsp3) is 0.650. The first kappa shape index (κ1) is 17.9. The molecule has 0 radical (unpaired) electrons. The van der Waals surface area contributed by atoms with Gasteiger partial charge in [0.1, 0.15) is 12.2 Å². The lowest BCUT2D eigenvalue weighted by molar-refractivity contribution is -0.200. The maximum absolute atomic E-state index is 12.5. The van der Waals surface area contributed by atoms with Crippen LogP contribution >= 0.6 is 0 Å². The molecule has 6 heteroatoms. The first-order valence-corrected chi connectivity index (χ1v) is 9.55. The number of carbonyl (C=O) groups is 1. The van der Waals surface area contributed by atoms with Gasteiger partial charge in [0.2, 0.25) is 0 Å². The van der Waals surface area contributed by atoms with Crippen molar-refractivity contribution < 1.29 is 28.8 Å². The van der Waals surface area contributed by atoms with Gasteiger partial charge in [0.05, 0.1) is 18.3 Å². The zero-order valence-corrected chi connectivity index (χ0v) is 14.8. The lowest BCUT2D eigenvalue weighted by Gasteiger charge is -2.36. The van der Waals surface area contributed by atoms with Crippen LogP contribution in [0.1, 0.15) is 48.9 Å². The summed E-state index contributed by atoms with van der Waals surface area (Å²) in [4.78, 5) is 12.5. The molecule has 6 nitrogen and oxygen atoms in total. The van der Waals surface area contributed by atoms with Crippen molar-refractivity contribution in [2.75, 3.05) is 13.2 Å². The van der Waals surface area contributed by atoms with Crippen LogP contribution in [0.2, 0.25) is 0 Å². The first-order chi connectivity index (χ1) is 12.7. The quantitative estimate of drug-likeness (QED) is 0.830. The largest absolute Gasteiger partial charge is 0.453 e. The second-order valence-electron chi connectivity index (χ2n) is 7.33. The topological polar surface area (TPSA) is 74.2 Å². The Balaban J connectivity index is 1.50. The summed E-state index contributed by atoms with van der Waals surface area (Å²) in [6.07, 6.45) is 4.10. The second kappa shape index (κ2) is 7.64. The minimum Gasteiger partial charge on any atom is -0.453 e. The minimum absolute atomic E-state index is 0.0265. The van der Waals surface area contributed by atoms with Gasteiger partial charge in [0.15, 0.2) is 11.9 Å². The third kappa shape index (κ3) is 3.51. The van der Waals surface area contributed by atoms with E-state index < -0.39 is 11.9 Å². The number of benzene rings is 1. The van der Waals surface area contributed by atoms with Crippen molar-refractivity contribution in [1.29, 1.82) is 0 Å². The van der Waals surface area contributed by atoms with Gasteiger partial charge in [-0.3, -0.25) is 0 Å². The van der Waals surface area contributed by atoms with Crippen molar-refractivity contribution in [2.45, 2.75) is 68.7 Å². The molecule has 1 aromatic carbocycles. The summed E-state index contributed by atoms with van der Waals surface area (Å²) in [6, 6.07) is 8.93. The van der Waals surface area contributed by atoms with Gasteiger partial charge in [0, 0.05) is 19.4 Å². The molecule has 4 rings (SSSR count). The lowest BCUT2D eigenvalue weighted by Crippen LogP contribution is -2.53. The Bertz CT molecular complexity index is 612. The van der Waals surface area contributed by atoms with Crippen molar-refractivity contribution in [3.8, 4) is 0 Å². The Morgan fingerprint density at radius 3 is 2.58 bits per heavy atom. The van der Waals surface area contributed by atoms with Crippen molar-refractivity contribution in [1.82, 2.24) is 0 Å². The van der Waals surface area contributed by atoms with E-state index in [2.05, 4.69) is 0 Å². The van der Waals surface area contributed by atoms with Crippen LogP contribution in [0.4, 0.5) is 0 Å². The Morgan fingerprint density at radius 2 is 1.85 bits per heavy atom. The average molecular weight is 362 g/mol. The molecule has 2 saturated heterocycles. The normalized spacial score (nSPS) is 33.0. The van der Waals surface area contributed by atoms with E-state index >= 15 is 0 Å². The zero-order chi connectivity index (χ0) is 18.0. The third-order valence-corrected chi connectivity index (χ3v) is 5.53.